The molecule has 1 saturated heterocycles. The minimum absolute atomic E-state index is 0.0832. The standard InChI is InChI=1S/C23H32N4O3/c28-21(26-19-14-7-13-8-15(19)11-23(29,9-13)10-14)17-12-24-22(25-16-3-1-4-16)27-20(17)18-5-2-6-30-18/h12-16,18-19,29H,1-11H2,(H,26,28)(H,24,25,27). The highest BCUT2D eigenvalue weighted by Gasteiger charge is 2.55. The third kappa shape index (κ3) is 3.30. The number of rotatable bonds is 5. The second kappa shape index (κ2) is 7.16. The largest absolute Gasteiger partial charge is 0.390 e. The SMILES string of the molecule is O=C(NC1C2CC3CC1CC(O)(C3)C2)c1cnc(NC2CCC2)nc1C1CCCO1. The second-order valence-corrected chi connectivity index (χ2v) is 10.5. The van der Waals surface area contributed by atoms with Crippen LogP contribution in [-0.4, -0.2) is 45.3 Å². The first-order valence-corrected chi connectivity index (χ1v) is 11.8. The summed E-state index contributed by atoms with van der Waals surface area (Å²) >= 11 is 0. The van der Waals surface area contributed by atoms with Crippen LogP contribution in [0.3, 0.4) is 0 Å². The maximum Gasteiger partial charge on any atom is 0.255 e. The fraction of sp³-hybridized carbons (Fsp3) is 0.783. The van der Waals surface area contributed by atoms with Gasteiger partial charge in [0.15, 0.2) is 0 Å². The van der Waals surface area contributed by atoms with Crippen molar-refractivity contribution in [3.05, 3.63) is 17.5 Å². The Labute approximate surface area is 177 Å². The van der Waals surface area contributed by atoms with Crippen LogP contribution < -0.4 is 10.6 Å². The monoisotopic (exact) mass is 412 g/mol. The smallest absolute Gasteiger partial charge is 0.255 e. The van der Waals surface area contributed by atoms with Gasteiger partial charge in [0.1, 0.15) is 6.10 Å². The van der Waals surface area contributed by atoms with Crippen molar-refractivity contribution in [2.75, 3.05) is 11.9 Å². The molecule has 2 heterocycles. The van der Waals surface area contributed by atoms with Gasteiger partial charge in [0.05, 0.1) is 16.9 Å². The number of ether oxygens (including phenoxy) is 1. The quantitative estimate of drug-likeness (QED) is 0.688. The molecule has 1 amide bonds. The number of nitrogens with zero attached hydrogens (tertiary/aromatic N) is 2. The Hall–Kier alpha value is -1.73. The van der Waals surface area contributed by atoms with Gasteiger partial charge in [-0.1, -0.05) is 0 Å². The zero-order valence-electron chi connectivity index (χ0n) is 17.5. The number of carbonyl (C=O) groups is 1. The van der Waals surface area contributed by atoms with Crippen LogP contribution in [0.15, 0.2) is 6.20 Å². The van der Waals surface area contributed by atoms with Gasteiger partial charge in [0, 0.05) is 24.9 Å². The number of hydrogen-bond acceptors (Lipinski definition) is 6. The maximum absolute atomic E-state index is 13.4. The highest BCUT2D eigenvalue weighted by Crippen LogP contribution is 2.55. The number of aromatic nitrogens is 2. The predicted octanol–water partition coefficient (Wildman–Crippen LogP) is 2.96. The summed E-state index contributed by atoms with van der Waals surface area (Å²) in [5.41, 5.74) is 0.788. The van der Waals surface area contributed by atoms with Gasteiger partial charge in [-0.05, 0) is 82.0 Å². The summed E-state index contributed by atoms with van der Waals surface area (Å²) in [5.74, 6) is 1.93. The molecule has 0 radical (unpaired) electrons. The van der Waals surface area contributed by atoms with Crippen molar-refractivity contribution in [3.63, 3.8) is 0 Å². The van der Waals surface area contributed by atoms with Gasteiger partial charge in [-0.2, -0.15) is 0 Å². The molecule has 0 aromatic carbocycles. The summed E-state index contributed by atoms with van der Waals surface area (Å²) in [7, 11) is 0. The van der Waals surface area contributed by atoms with Crippen LogP contribution in [0.25, 0.3) is 0 Å². The molecule has 3 unspecified atom stereocenters. The van der Waals surface area contributed by atoms with Crippen LogP contribution in [0.2, 0.25) is 0 Å². The zero-order valence-corrected chi connectivity index (χ0v) is 17.5. The van der Waals surface area contributed by atoms with E-state index >= 15 is 0 Å². The Balaban J connectivity index is 1.23. The van der Waals surface area contributed by atoms with Crippen molar-refractivity contribution in [1.82, 2.24) is 15.3 Å². The normalized spacial score (nSPS) is 39.7. The molecule has 6 aliphatic rings. The molecule has 3 N–H and O–H groups in total. The molecule has 1 aliphatic heterocycles. The summed E-state index contributed by atoms with van der Waals surface area (Å²) < 4.78 is 5.90. The molecular formula is C23H32N4O3. The van der Waals surface area contributed by atoms with E-state index in [0.717, 1.165) is 63.5 Å². The fourth-order valence-corrected chi connectivity index (χ4v) is 6.86. The van der Waals surface area contributed by atoms with Crippen molar-refractivity contribution in [2.24, 2.45) is 17.8 Å². The van der Waals surface area contributed by atoms with Gasteiger partial charge in [-0.3, -0.25) is 4.79 Å². The van der Waals surface area contributed by atoms with E-state index < -0.39 is 5.60 Å². The summed E-state index contributed by atoms with van der Waals surface area (Å²) in [5, 5.41) is 17.6. The Morgan fingerprint density at radius 1 is 1.13 bits per heavy atom. The fourth-order valence-electron chi connectivity index (χ4n) is 6.86. The first kappa shape index (κ1) is 19.0. The molecule has 3 atom stereocenters. The Kier molecular flexibility index (Phi) is 4.53. The van der Waals surface area contributed by atoms with Gasteiger partial charge >= 0.3 is 0 Å². The zero-order chi connectivity index (χ0) is 20.3. The van der Waals surface area contributed by atoms with Crippen molar-refractivity contribution < 1.29 is 14.6 Å². The van der Waals surface area contributed by atoms with Crippen molar-refractivity contribution in [1.29, 1.82) is 0 Å². The molecule has 0 spiro atoms. The van der Waals surface area contributed by atoms with E-state index in [9.17, 15) is 9.90 Å². The van der Waals surface area contributed by atoms with Crippen LogP contribution in [0.1, 0.15) is 86.4 Å². The predicted molar refractivity (Wildman–Crippen MR) is 111 cm³/mol. The highest BCUT2D eigenvalue weighted by atomic mass is 16.5. The highest BCUT2D eigenvalue weighted by molar-refractivity contribution is 5.95. The Morgan fingerprint density at radius 3 is 2.57 bits per heavy atom. The number of aliphatic hydroxyl groups is 1. The molecule has 5 saturated carbocycles. The number of carbonyl (C=O) groups excluding carboxylic acids is 1. The van der Waals surface area contributed by atoms with E-state index in [1.165, 1.54) is 6.42 Å². The average Bonchev–Trinajstić information content (AvgIpc) is 3.21. The maximum atomic E-state index is 13.4. The number of hydrogen-bond donors (Lipinski definition) is 3. The van der Waals surface area contributed by atoms with E-state index in [1.807, 2.05) is 0 Å². The van der Waals surface area contributed by atoms with Gasteiger partial charge in [0.2, 0.25) is 5.95 Å². The van der Waals surface area contributed by atoms with Crippen LogP contribution >= 0.6 is 0 Å². The third-order valence-electron chi connectivity index (χ3n) is 8.27. The molecule has 6 fully saturated rings. The molecule has 5 aliphatic carbocycles. The Morgan fingerprint density at radius 2 is 1.93 bits per heavy atom. The van der Waals surface area contributed by atoms with Crippen molar-refractivity contribution in [2.45, 2.75) is 88.0 Å². The van der Waals surface area contributed by atoms with E-state index in [0.29, 0.717) is 41.9 Å². The second-order valence-electron chi connectivity index (χ2n) is 10.5. The van der Waals surface area contributed by atoms with E-state index in [1.54, 1.807) is 6.20 Å². The molecule has 7 heteroatoms. The van der Waals surface area contributed by atoms with Crippen molar-refractivity contribution >= 4 is 11.9 Å². The summed E-state index contributed by atoms with van der Waals surface area (Å²) in [6.45, 7) is 0.716. The molecule has 1 aromatic heterocycles. The lowest BCUT2D eigenvalue weighted by atomic mass is 9.52. The molecule has 1 aromatic rings. The summed E-state index contributed by atoms with van der Waals surface area (Å²) in [6, 6.07) is 0.598. The lowest BCUT2D eigenvalue weighted by molar-refractivity contribution is -0.136. The Bertz CT molecular complexity index is 820. The van der Waals surface area contributed by atoms with Crippen LogP contribution in [0.5, 0.6) is 0 Å². The lowest BCUT2D eigenvalue weighted by Crippen LogP contribution is -2.61. The van der Waals surface area contributed by atoms with Gasteiger partial charge in [0.25, 0.3) is 5.91 Å². The minimum atomic E-state index is -0.488. The van der Waals surface area contributed by atoms with Gasteiger partial charge in [-0.25, -0.2) is 9.97 Å². The van der Waals surface area contributed by atoms with Crippen LogP contribution in [-0.2, 0) is 4.74 Å². The van der Waals surface area contributed by atoms with E-state index in [-0.39, 0.29) is 18.1 Å². The number of nitrogens with one attached hydrogen (secondary N) is 2. The van der Waals surface area contributed by atoms with Gasteiger partial charge < -0.3 is 20.5 Å². The average molecular weight is 413 g/mol. The number of amides is 1. The molecule has 162 valence electrons. The minimum Gasteiger partial charge on any atom is -0.390 e. The van der Waals surface area contributed by atoms with Crippen LogP contribution in [0, 0.1) is 17.8 Å². The molecule has 7 rings (SSSR count). The first-order chi connectivity index (χ1) is 14.6. The summed E-state index contributed by atoms with van der Waals surface area (Å²) in [6.07, 6.45) is 11.8. The molecule has 30 heavy (non-hydrogen) atoms. The van der Waals surface area contributed by atoms with Gasteiger partial charge in [-0.15, -0.1) is 0 Å². The van der Waals surface area contributed by atoms with Crippen LogP contribution in [0.4, 0.5) is 5.95 Å². The lowest BCUT2D eigenvalue weighted by Gasteiger charge is -2.58. The van der Waals surface area contributed by atoms with Crippen molar-refractivity contribution in [3.8, 4) is 0 Å². The van der Waals surface area contributed by atoms with E-state index in [2.05, 4.69) is 15.6 Å². The molecular weight excluding hydrogens is 380 g/mol. The molecule has 7 nitrogen and oxygen atoms in total. The third-order valence-corrected chi connectivity index (χ3v) is 8.27. The summed E-state index contributed by atoms with van der Waals surface area (Å²) in [4.78, 5) is 22.6. The molecule has 4 bridgehead atoms. The van der Waals surface area contributed by atoms with E-state index in [4.69, 9.17) is 9.72 Å². The number of anilines is 1. The first-order valence-electron chi connectivity index (χ1n) is 11.8. The topological polar surface area (TPSA) is 96.4 Å².